The Hall–Kier alpha value is -1.59. The number of rotatable bonds is 2. The lowest BCUT2D eigenvalue weighted by atomic mass is 10.1. The van der Waals surface area contributed by atoms with E-state index >= 15 is 0 Å². The monoisotopic (exact) mass is 293 g/mol. The van der Waals surface area contributed by atoms with Crippen molar-refractivity contribution in [2.75, 3.05) is 6.54 Å². The molecular formula is C14H16ClN3O2. The Morgan fingerprint density at radius 3 is 2.90 bits per heavy atom. The highest BCUT2D eigenvalue weighted by molar-refractivity contribution is 6.35. The maximum absolute atomic E-state index is 12.5. The number of fused-ring (bicyclic) bond motifs is 1. The summed E-state index contributed by atoms with van der Waals surface area (Å²) < 4.78 is 1.25. The molecule has 2 aromatic rings. The van der Waals surface area contributed by atoms with Crippen molar-refractivity contribution in [1.82, 2.24) is 14.9 Å². The Kier molecular flexibility index (Phi) is 3.63. The van der Waals surface area contributed by atoms with Crippen LogP contribution in [0.25, 0.3) is 10.9 Å². The van der Waals surface area contributed by atoms with Crippen molar-refractivity contribution in [2.24, 2.45) is 0 Å². The first kappa shape index (κ1) is 13.4. The van der Waals surface area contributed by atoms with Crippen molar-refractivity contribution in [3.8, 4) is 0 Å². The number of H-pyrrole nitrogens is 1. The van der Waals surface area contributed by atoms with E-state index in [1.165, 1.54) is 4.57 Å². The van der Waals surface area contributed by atoms with E-state index in [2.05, 4.69) is 10.3 Å². The Balaban J connectivity index is 2.08. The fourth-order valence-corrected chi connectivity index (χ4v) is 2.98. The highest BCUT2D eigenvalue weighted by Gasteiger charge is 2.17. The van der Waals surface area contributed by atoms with Crippen LogP contribution in [0, 0.1) is 0 Å². The summed E-state index contributed by atoms with van der Waals surface area (Å²) in [7, 11) is 0. The number of aromatic amines is 1. The van der Waals surface area contributed by atoms with Gasteiger partial charge < -0.3 is 10.3 Å². The first-order valence-electron chi connectivity index (χ1n) is 6.81. The van der Waals surface area contributed by atoms with Gasteiger partial charge in [0.1, 0.15) is 0 Å². The van der Waals surface area contributed by atoms with Crippen LogP contribution in [0.5, 0.6) is 0 Å². The topological polar surface area (TPSA) is 66.9 Å². The van der Waals surface area contributed by atoms with Gasteiger partial charge in [0.2, 0.25) is 0 Å². The smallest absolute Gasteiger partial charge is 0.312 e. The minimum atomic E-state index is -0.378. The zero-order chi connectivity index (χ0) is 14.1. The molecule has 20 heavy (non-hydrogen) atoms. The summed E-state index contributed by atoms with van der Waals surface area (Å²) in [4.78, 5) is 27.3. The average molecular weight is 294 g/mol. The molecule has 1 unspecified atom stereocenters. The summed E-state index contributed by atoms with van der Waals surface area (Å²) in [6.45, 7) is 1.32. The molecule has 1 aliphatic heterocycles. The SMILES string of the molecule is O=c1[nH]c2cccc(Cl)c2c(=O)n1CC1CCCCN1. The quantitative estimate of drug-likeness (QED) is 0.881. The molecule has 0 aliphatic carbocycles. The molecule has 0 radical (unpaired) electrons. The number of nitrogens with one attached hydrogen (secondary N) is 2. The number of hydrogen-bond acceptors (Lipinski definition) is 3. The number of piperidine rings is 1. The van der Waals surface area contributed by atoms with Gasteiger partial charge in [-0.1, -0.05) is 24.1 Å². The number of halogens is 1. The number of nitrogens with zero attached hydrogens (tertiary/aromatic N) is 1. The van der Waals surface area contributed by atoms with Crippen LogP contribution in [-0.4, -0.2) is 22.1 Å². The van der Waals surface area contributed by atoms with E-state index in [0.717, 1.165) is 25.8 Å². The van der Waals surface area contributed by atoms with Crippen LogP contribution >= 0.6 is 11.6 Å². The van der Waals surface area contributed by atoms with Crippen LogP contribution < -0.4 is 16.6 Å². The van der Waals surface area contributed by atoms with E-state index in [4.69, 9.17) is 11.6 Å². The van der Waals surface area contributed by atoms with Gasteiger partial charge in [0, 0.05) is 12.6 Å². The van der Waals surface area contributed by atoms with Gasteiger partial charge in [-0.15, -0.1) is 0 Å². The fourth-order valence-electron chi connectivity index (χ4n) is 2.72. The van der Waals surface area contributed by atoms with Crippen molar-refractivity contribution in [3.05, 3.63) is 44.1 Å². The first-order valence-corrected chi connectivity index (χ1v) is 7.19. The molecule has 0 bridgehead atoms. The third-order valence-electron chi connectivity index (χ3n) is 3.77. The zero-order valence-corrected chi connectivity index (χ0v) is 11.7. The molecule has 106 valence electrons. The van der Waals surface area contributed by atoms with E-state index in [1.54, 1.807) is 18.2 Å². The van der Waals surface area contributed by atoms with E-state index < -0.39 is 0 Å². The average Bonchev–Trinajstić information content (AvgIpc) is 2.44. The number of hydrogen-bond donors (Lipinski definition) is 2. The van der Waals surface area contributed by atoms with E-state index in [-0.39, 0.29) is 17.3 Å². The summed E-state index contributed by atoms with van der Waals surface area (Å²) in [5, 5.41) is 4.09. The standard InChI is InChI=1S/C14H16ClN3O2/c15-10-5-3-6-11-12(10)13(19)18(14(20)17-11)8-9-4-1-2-7-16-9/h3,5-6,9,16H,1-2,4,7-8H2,(H,17,20). The molecule has 1 aliphatic rings. The van der Waals surface area contributed by atoms with Crippen molar-refractivity contribution in [2.45, 2.75) is 31.8 Å². The van der Waals surface area contributed by atoms with Crippen LogP contribution in [0.3, 0.4) is 0 Å². The van der Waals surface area contributed by atoms with Crippen LogP contribution in [0.1, 0.15) is 19.3 Å². The van der Waals surface area contributed by atoms with Crippen molar-refractivity contribution < 1.29 is 0 Å². The van der Waals surface area contributed by atoms with Crippen LogP contribution in [0.2, 0.25) is 5.02 Å². The van der Waals surface area contributed by atoms with Gasteiger partial charge in [0.25, 0.3) is 5.56 Å². The second-order valence-corrected chi connectivity index (χ2v) is 5.56. The molecule has 1 fully saturated rings. The Morgan fingerprint density at radius 2 is 2.15 bits per heavy atom. The normalized spacial score (nSPS) is 19.4. The Morgan fingerprint density at radius 1 is 1.30 bits per heavy atom. The fraction of sp³-hybridized carbons (Fsp3) is 0.429. The maximum atomic E-state index is 12.5. The minimum Gasteiger partial charge on any atom is -0.312 e. The minimum absolute atomic E-state index is 0.169. The van der Waals surface area contributed by atoms with Gasteiger partial charge in [-0.05, 0) is 31.5 Å². The van der Waals surface area contributed by atoms with E-state index in [0.29, 0.717) is 22.5 Å². The summed E-state index contributed by atoms with van der Waals surface area (Å²) in [5.41, 5.74) is -0.209. The molecule has 2 N–H and O–H groups in total. The molecule has 6 heteroatoms. The molecule has 1 aromatic heterocycles. The van der Waals surface area contributed by atoms with E-state index in [9.17, 15) is 9.59 Å². The van der Waals surface area contributed by atoms with Gasteiger partial charge in [0.15, 0.2) is 0 Å². The van der Waals surface area contributed by atoms with Crippen molar-refractivity contribution in [3.63, 3.8) is 0 Å². The second-order valence-electron chi connectivity index (χ2n) is 5.16. The second kappa shape index (κ2) is 5.42. The van der Waals surface area contributed by atoms with Crippen LogP contribution in [-0.2, 0) is 6.54 Å². The largest absolute Gasteiger partial charge is 0.328 e. The number of benzene rings is 1. The lowest BCUT2D eigenvalue weighted by Crippen LogP contribution is -2.44. The predicted molar refractivity (Wildman–Crippen MR) is 79.5 cm³/mol. The predicted octanol–water partition coefficient (Wildman–Crippen LogP) is 1.49. The van der Waals surface area contributed by atoms with Gasteiger partial charge in [-0.25, -0.2) is 4.79 Å². The lowest BCUT2D eigenvalue weighted by Gasteiger charge is -2.23. The Labute approximate surface area is 120 Å². The first-order chi connectivity index (χ1) is 9.66. The molecule has 1 atom stereocenters. The molecular weight excluding hydrogens is 278 g/mol. The number of aromatic nitrogens is 2. The molecule has 5 nitrogen and oxygen atoms in total. The van der Waals surface area contributed by atoms with Crippen LogP contribution in [0.4, 0.5) is 0 Å². The van der Waals surface area contributed by atoms with Gasteiger partial charge in [0.05, 0.1) is 15.9 Å². The van der Waals surface area contributed by atoms with Crippen LogP contribution in [0.15, 0.2) is 27.8 Å². The zero-order valence-electron chi connectivity index (χ0n) is 11.0. The van der Waals surface area contributed by atoms with Crippen molar-refractivity contribution >= 4 is 22.5 Å². The molecule has 0 spiro atoms. The highest BCUT2D eigenvalue weighted by atomic mass is 35.5. The van der Waals surface area contributed by atoms with E-state index in [1.807, 2.05) is 0 Å². The summed E-state index contributed by atoms with van der Waals surface area (Å²) in [5.74, 6) is 0. The summed E-state index contributed by atoms with van der Waals surface area (Å²) in [6, 6.07) is 5.23. The molecule has 0 amide bonds. The summed E-state index contributed by atoms with van der Waals surface area (Å²) >= 11 is 6.08. The highest BCUT2D eigenvalue weighted by Crippen LogP contribution is 2.17. The molecule has 1 aromatic carbocycles. The maximum Gasteiger partial charge on any atom is 0.328 e. The van der Waals surface area contributed by atoms with Gasteiger partial charge in [-0.2, -0.15) is 0 Å². The third-order valence-corrected chi connectivity index (χ3v) is 4.09. The third kappa shape index (κ3) is 2.39. The molecule has 2 heterocycles. The van der Waals surface area contributed by atoms with Gasteiger partial charge in [-0.3, -0.25) is 9.36 Å². The molecule has 1 saturated heterocycles. The molecule has 3 rings (SSSR count). The van der Waals surface area contributed by atoms with Gasteiger partial charge >= 0.3 is 5.69 Å². The molecule has 0 saturated carbocycles. The summed E-state index contributed by atoms with van der Waals surface area (Å²) in [6.07, 6.45) is 3.25. The Bertz CT molecular complexity index is 744. The van der Waals surface area contributed by atoms with Crippen molar-refractivity contribution in [1.29, 1.82) is 0 Å². The lowest BCUT2D eigenvalue weighted by molar-refractivity contribution is 0.355.